The van der Waals surface area contributed by atoms with Gasteiger partial charge in [-0.3, -0.25) is 4.90 Å². The Bertz CT molecular complexity index is 299. The van der Waals surface area contributed by atoms with E-state index in [1.54, 1.807) is 13.8 Å². The summed E-state index contributed by atoms with van der Waals surface area (Å²) in [5.74, 6) is -5.07. The Labute approximate surface area is 184 Å². The Morgan fingerprint density at radius 1 is 0.950 bits per heavy atom. The molecule has 1 unspecified atom stereocenters. The van der Waals surface area contributed by atoms with Crippen molar-refractivity contribution >= 4 is 17.9 Å². The van der Waals surface area contributed by atoms with E-state index in [9.17, 15) is 29.7 Å². The average molecular weight is 313 g/mol. The first-order valence-electron chi connectivity index (χ1n) is 5.14. The van der Waals surface area contributed by atoms with Gasteiger partial charge in [-0.25, -0.2) is 0 Å². The van der Waals surface area contributed by atoms with Crippen molar-refractivity contribution in [3.63, 3.8) is 0 Å². The van der Waals surface area contributed by atoms with E-state index in [2.05, 4.69) is 0 Å². The van der Waals surface area contributed by atoms with Crippen molar-refractivity contribution in [2.75, 3.05) is 13.1 Å². The van der Waals surface area contributed by atoms with Gasteiger partial charge in [0.2, 0.25) is 0 Å². The molecule has 0 aromatic rings. The van der Waals surface area contributed by atoms with Crippen LogP contribution in [-0.2, 0) is 14.4 Å². The number of carboxylic acids is 3. The summed E-state index contributed by atoms with van der Waals surface area (Å²) in [5.41, 5.74) is 0. The Hall–Kier alpha value is 1.37. The van der Waals surface area contributed by atoms with Crippen molar-refractivity contribution in [2.45, 2.75) is 26.3 Å². The molecule has 0 radical (unpaired) electrons. The molecular weight excluding hydrogens is 299 g/mol. The monoisotopic (exact) mass is 313 g/mol. The van der Waals surface area contributed by atoms with Crippen LogP contribution in [0.15, 0.2) is 0 Å². The van der Waals surface area contributed by atoms with E-state index in [0.29, 0.717) is 6.42 Å². The maximum Gasteiger partial charge on any atom is 1.00 e. The van der Waals surface area contributed by atoms with Gasteiger partial charge in [-0.1, -0.05) is 20.3 Å². The standard InChI is InChI=1S/C10H17NO6.3Na/c1-3-6(2)9(10(16)17)11(4-7(12)13)5-8(14)15;;;/h6,9H,3-5H2,1-2H3,(H,12,13)(H,14,15)(H,16,17);;;/q;3*+1/p-3/t6?,9-;;;/m0.../s1. The molecule has 98 valence electrons. The van der Waals surface area contributed by atoms with E-state index >= 15 is 0 Å². The number of carbonyl (C=O) groups is 3. The third-order valence-electron chi connectivity index (χ3n) is 2.48. The van der Waals surface area contributed by atoms with Crippen molar-refractivity contribution < 1.29 is 118 Å². The molecule has 0 spiro atoms. The zero-order valence-electron chi connectivity index (χ0n) is 12.7. The molecule has 0 fully saturated rings. The number of carbonyl (C=O) groups excluding carboxylic acids is 3. The fourth-order valence-corrected chi connectivity index (χ4v) is 1.55. The molecule has 0 aliphatic rings. The number of hydrogen-bond acceptors (Lipinski definition) is 7. The van der Waals surface area contributed by atoms with Crippen LogP contribution in [0.3, 0.4) is 0 Å². The molecule has 0 saturated carbocycles. The maximum atomic E-state index is 10.9. The largest absolute Gasteiger partial charge is 1.00 e. The fraction of sp³-hybridized carbons (Fsp3) is 0.700. The van der Waals surface area contributed by atoms with Gasteiger partial charge in [-0.15, -0.1) is 0 Å². The number of nitrogens with zero attached hydrogens (tertiary/aromatic N) is 1. The Balaban J connectivity index is -0.000000427. The van der Waals surface area contributed by atoms with Crippen LogP contribution in [-0.4, -0.2) is 41.9 Å². The van der Waals surface area contributed by atoms with E-state index in [1.165, 1.54) is 0 Å². The maximum absolute atomic E-state index is 10.9. The minimum atomic E-state index is -1.55. The molecule has 0 saturated heterocycles. The second kappa shape index (κ2) is 15.3. The summed E-state index contributed by atoms with van der Waals surface area (Å²) in [4.78, 5) is 32.6. The second-order valence-electron chi connectivity index (χ2n) is 3.80. The first-order valence-corrected chi connectivity index (χ1v) is 5.14. The summed E-state index contributed by atoms with van der Waals surface area (Å²) in [7, 11) is 0. The smallest absolute Gasteiger partial charge is 0.549 e. The van der Waals surface area contributed by atoms with Crippen LogP contribution in [0, 0.1) is 5.92 Å². The topological polar surface area (TPSA) is 124 Å². The van der Waals surface area contributed by atoms with Gasteiger partial charge in [0, 0.05) is 13.1 Å². The molecule has 20 heavy (non-hydrogen) atoms. The van der Waals surface area contributed by atoms with Crippen LogP contribution in [0.1, 0.15) is 20.3 Å². The zero-order valence-corrected chi connectivity index (χ0v) is 18.7. The third-order valence-corrected chi connectivity index (χ3v) is 2.48. The first-order chi connectivity index (χ1) is 7.79. The van der Waals surface area contributed by atoms with E-state index in [4.69, 9.17) is 0 Å². The number of carboxylic acid groups (broad SMARTS) is 3. The van der Waals surface area contributed by atoms with Gasteiger partial charge >= 0.3 is 88.7 Å². The number of aliphatic carboxylic acids is 3. The van der Waals surface area contributed by atoms with Crippen LogP contribution >= 0.6 is 0 Å². The minimum Gasteiger partial charge on any atom is -0.549 e. The molecule has 10 heteroatoms. The van der Waals surface area contributed by atoms with Gasteiger partial charge in [0.15, 0.2) is 0 Å². The molecule has 2 atom stereocenters. The van der Waals surface area contributed by atoms with E-state index in [0.717, 1.165) is 4.90 Å². The van der Waals surface area contributed by atoms with Gasteiger partial charge < -0.3 is 29.7 Å². The molecule has 0 amide bonds. The molecule has 0 bridgehead atoms. The van der Waals surface area contributed by atoms with Crippen LogP contribution < -0.4 is 104 Å². The predicted octanol–water partition coefficient (Wildman–Crippen LogP) is -13.0. The van der Waals surface area contributed by atoms with Crippen LogP contribution in [0.2, 0.25) is 0 Å². The normalized spacial score (nSPS) is 12.2. The van der Waals surface area contributed by atoms with Gasteiger partial charge in [0.05, 0.1) is 23.9 Å². The summed E-state index contributed by atoms with van der Waals surface area (Å²) >= 11 is 0. The van der Waals surface area contributed by atoms with E-state index in [1.807, 2.05) is 0 Å². The second-order valence-corrected chi connectivity index (χ2v) is 3.80. The molecule has 0 aromatic heterocycles. The fourth-order valence-electron chi connectivity index (χ4n) is 1.55. The molecule has 0 rings (SSSR count). The number of rotatable bonds is 8. The summed E-state index contributed by atoms with van der Waals surface area (Å²) in [6, 6.07) is -1.30. The average Bonchev–Trinajstić information content (AvgIpc) is 2.14. The van der Waals surface area contributed by atoms with Crippen molar-refractivity contribution in [3.05, 3.63) is 0 Å². The van der Waals surface area contributed by atoms with Crippen LogP contribution in [0.4, 0.5) is 0 Å². The molecule has 7 nitrogen and oxygen atoms in total. The van der Waals surface area contributed by atoms with Crippen molar-refractivity contribution in [3.8, 4) is 0 Å². The van der Waals surface area contributed by atoms with Crippen molar-refractivity contribution in [1.29, 1.82) is 0 Å². The van der Waals surface area contributed by atoms with Gasteiger partial charge in [-0.2, -0.15) is 0 Å². The summed E-state index contributed by atoms with van der Waals surface area (Å²) in [6.45, 7) is 1.68. The van der Waals surface area contributed by atoms with Gasteiger partial charge in [-0.05, 0) is 5.92 Å². The zero-order chi connectivity index (χ0) is 13.6. The Kier molecular flexibility index (Phi) is 22.4. The minimum absolute atomic E-state index is 0. The van der Waals surface area contributed by atoms with Gasteiger partial charge in [0.25, 0.3) is 0 Å². The van der Waals surface area contributed by atoms with Gasteiger partial charge in [0.1, 0.15) is 0 Å². The van der Waals surface area contributed by atoms with Crippen molar-refractivity contribution in [2.24, 2.45) is 5.92 Å². The SMILES string of the molecule is CCC(C)[C@@H](C(=O)[O-])N(CC(=O)[O-])CC(=O)[O-].[Na+].[Na+].[Na+]. The number of hydrogen-bond donors (Lipinski definition) is 0. The predicted molar refractivity (Wildman–Crippen MR) is 49.8 cm³/mol. The Morgan fingerprint density at radius 2 is 1.30 bits per heavy atom. The summed E-state index contributed by atoms with van der Waals surface area (Å²) < 4.78 is 0. The Morgan fingerprint density at radius 3 is 1.50 bits per heavy atom. The molecule has 0 heterocycles. The molecule has 0 aliphatic carbocycles. The quantitative estimate of drug-likeness (QED) is 0.408. The van der Waals surface area contributed by atoms with E-state index < -0.39 is 43.0 Å². The molecule has 0 aliphatic heterocycles. The third kappa shape index (κ3) is 12.0. The summed E-state index contributed by atoms with van der Waals surface area (Å²) in [5, 5.41) is 31.8. The van der Waals surface area contributed by atoms with E-state index in [-0.39, 0.29) is 88.7 Å². The van der Waals surface area contributed by atoms with Crippen LogP contribution in [0.25, 0.3) is 0 Å². The first kappa shape index (κ1) is 29.4. The molecular formula is C10H14NNa3O6. The molecule has 0 aromatic carbocycles. The van der Waals surface area contributed by atoms with Crippen LogP contribution in [0.5, 0.6) is 0 Å². The molecule has 0 N–H and O–H groups in total. The van der Waals surface area contributed by atoms with Crippen molar-refractivity contribution in [1.82, 2.24) is 4.90 Å². The summed E-state index contributed by atoms with van der Waals surface area (Å²) in [6.07, 6.45) is 0.440.